The van der Waals surface area contributed by atoms with E-state index in [-0.39, 0.29) is 17.7 Å². The highest BCUT2D eigenvalue weighted by atomic mass is 35.5. The number of para-hydroxylation sites is 1. The van der Waals surface area contributed by atoms with E-state index in [0.29, 0.717) is 40.8 Å². The number of aromatic carboxylic acids is 1. The molecule has 204 valence electrons. The number of carboxylic acids is 1. The third-order valence-corrected chi connectivity index (χ3v) is 7.07. The Balaban J connectivity index is 1.50. The Hall–Kier alpha value is -3.79. The number of ketones is 1. The van der Waals surface area contributed by atoms with Crippen LogP contribution in [-0.4, -0.2) is 53.2 Å². The summed E-state index contributed by atoms with van der Waals surface area (Å²) < 4.78 is 11.4. The lowest BCUT2D eigenvalue weighted by atomic mass is 10.1. The first-order chi connectivity index (χ1) is 18.7. The number of ether oxygens (including phenoxy) is 2. The zero-order chi connectivity index (χ0) is 28.0. The molecule has 0 radical (unpaired) electrons. The molecule has 0 saturated carbocycles. The normalized spacial score (nSPS) is 14.7. The number of carbonyl (C=O) groups excluding carboxylic acids is 2. The molecule has 11 heteroatoms. The van der Waals surface area contributed by atoms with Crippen molar-refractivity contribution in [3.8, 4) is 11.5 Å². The zero-order valence-corrected chi connectivity index (χ0v) is 22.6. The van der Waals surface area contributed by atoms with Crippen LogP contribution in [0.5, 0.6) is 11.5 Å². The van der Waals surface area contributed by atoms with E-state index in [2.05, 4.69) is 10.6 Å². The minimum Gasteiger partial charge on any atom is -0.495 e. The maximum Gasteiger partial charge on any atom is 0.335 e. The van der Waals surface area contributed by atoms with Crippen molar-refractivity contribution in [3.05, 3.63) is 82.9 Å². The third-order valence-electron chi connectivity index (χ3n) is 6.21. The molecule has 4 rings (SSSR count). The van der Waals surface area contributed by atoms with Crippen molar-refractivity contribution in [3.63, 3.8) is 0 Å². The van der Waals surface area contributed by atoms with Crippen molar-refractivity contribution in [2.24, 2.45) is 0 Å². The van der Waals surface area contributed by atoms with Gasteiger partial charge in [-0.3, -0.25) is 4.79 Å². The summed E-state index contributed by atoms with van der Waals surface area (Å²) in [7, 11) is 1.46. The average molecular weight is 572 g/mol. The Labute approximate surface area is 235 Å². The van der Waals surface area contributed by atoms with Gasteiger partial charge in [0.25, 0.3) is 0 Å². The van der Waals surface area contributed by atoms with Gasteiger partial charge in [-0.15, -0.1) is 0 Å². The van der Waals surface area contributed by atoms with Crippen molar-refractivity contribution in [2.75, 3.05) is 30.8 Å². The monoisotopic (exact) mass is 571 g/mol. The first-order valence-corrected chi connectivity index (χ1v) is 12.9. The molecule has 0 aromatic heterocycles. The first kappa shape index (κ1) is 28.2. The van der Waals surface area contributed by atoms with Gasteiger partial charge in [-0.05, 0) is 78.5 Å². The molecule has 2 amide bonds. The Kier molecular flexibility index (Phi) is 8.96. The number of nitrogens with one attached hydrogen (secondary N) is 2. The highest BCUT2D eigenvalue weighted by Gasteiger charge is 2.45. The summed E-state index contributed by atoms with van der Waals surface area (Å²) in [5.74, 6) is -0.840. The second-order valence-corrected chi connectivity index (χ2v) is 9.80. The van der Waals surface area contributed by atoms with E-state index in [9.17, 15) is 14.4 Å². The Morgan fingerprint density at radius 1 is 0.974 bits per heavy atom. The molecule has 1 fully saturated rings. The number of urea groups is 1. The van der Waals surface area contributed by atoms with E-state index in [1.54, 1.807) is 47.4 Å². The van der Waals surface area contributed by atoms with Gasteiger partial charge in [0.1, 0.15) is 11.5 Å². The number of nitrogens with zero attached hydrogens (tertiary/aromatic N) is 1. The van der Waals surface area contributed by atoms with Crippen LogP contribution >= 0.6 is 23.2 Å². The molecule has 3 N–H and O–H groups in total. The van der Waals surface area contributed by atoms with Crippen LogP contribution in [0.1, 0.15) is 28.8 Å². The fourth-order valence-corrected chi connectivity index (χ4v) is 4.71. The van der Waals surface area contributed by atoms with E-state index in [4.69, 9.17) is 37.8 Å². The van der Waals surface area contributed by atoms with E-state index < -0.39 is 23.0 Å². The van der Waals surface area contributed by atoms with Crippen LogP contribution in [0.15, 0.2) is 66.7 Å². The van der Waals surface area contributed by atoms with Gasteiger partial charge in [0.05, 0.1) is 29.1 Å². The van der Waals surface area contributed by atoms with Crippen molar-refractivity contribution < 1.29 is 29.0 Å². The molecule has 3 aromatic carbocycles. The molecule has 1 aliphatic heterocycles. The molecule has 0 spiro atoms. The lowest BCUT2D eigenvalue weighted by Crippen LogP contribution is -2.54. The molecule has 1 saturated heterocycles. The van der Waals surface area contributed by atoms with Crippen molar-refractivity contribution in [2.45, 2.75) is 24.4 Å². The Morgan fingerprint density at radius 3 is 2.28 bits per heavy atom. The third kappa shape index (κ3) is 6.81. The van der Waals surface area contributed by atoms with Gasteiger partial charge in [0.15, 0.2) is 0 Å². The molecule has 1 heterocycles. The van der Waals surface area contributed by atoms with Crippen LogP contribution in [0.3, 0.4) is 0 Å². The van der Waals surface area contributed by atoms with Crippen molar-refractivity contribution in [1.82, 2.24) is 4.90 Å². The highest BCUT2D eigenvalue weighted by molar-refractivity contribution is 6.34. The van der Waals surface area contributed by atoms with Gasteiger partial charge in [0.2, 0.25) is 5.78 Å². The van der Waals surface area contributed by atoms with Crippen LogP contribution in [0.2, 0.25) is 5.02 Å². The predicted molar refractivity (Wildman–Crippen MR) is 149 cm³/mol. The molecular weight excluding hydrogens is 545 g/mol. The number of likely N-dealkylation sites (tertiary alicyclic amines) is 1. The van der Waals surface area contributed by atoms with Crippen molar-refractivity contribution >= 4 is 52.4 Å². The number of benzene rings is 3. The van der Waals surface area contributed by atoms with Gasteiger partial charge in [-0.1, -0.05) is 29.8 Å². The lowest BCUT2D eigenvalue weighted by Gasteiger charge is -2.35. The van der Waals surface area contributed by atoms with Crippen LogP contribution in [-0.2, 0) is 11.2 Å². The van der Waals surface area contributed by atoms with Crippen LogP contribution < -0.4 is 20.1 Å². The van der Waals surface area contributed by atoms with Crippen LogP contribution in [0.25, 0.3) is 0 Å². The standard InChI is InChI=1S/C28H27Cl2N3O6/c1-38-24-16-18(8-13-23(24)32-27(37)31-22-7-3-2-6-21(22)29)17-25(34)28(30,33-14-4-5-15-33)39-20-11-9-19(10-12-20)26(35)36/h2-3,6-13,16H,4-5,14-15,17H2,1H3,(H,35,36)(H2,31,32,37). The average Bonchev–Trinajstić information content (AvgIpc) is 3.47. The summed E-state index contributed by atoms with van der Waals surface area (Å²) in [6.07, 6.45) is 1.66. The van der Waals surface area contributed by atoms with Crippen molar-refractivity contribution in [1.29, 1.82) is 0 Å². The number of halogens is 2. The zero-order valence-electron chi connectivity index (χ0n) is 21.1. The van der Waals surface area contributed by atoms with E-state index in [0.717, 1.165) is 12.8 Å². The summed E-state index contributed by atoms with van der Waals surface area (Å²) in [6.45, 7) is 1.16. The van der Waals surface area contributed by atoms with E-state index in [1.165, 1.54) is 31.4 Å². The summed E-state index contributed by atoms with van der Waals surface area (Å²) in [4.78, 5) is 39.0. The summed E-state index contributed by atoms with van der Waals surface area (Å²) in [5, 5.41) is 13.2. The SMILES string of the molecule is COc1cc(CC(=O)C(Cl)(Oc2ccc(C(=O)O)cc2)N2CCCC2)ccc1NC(=O)Nc1ccccc1Cl. The Morgan fingerprint density at radius 2 is 1.64 bits per heavy atom. The molecule has 1 unspecified atom stereocenters. The number of hydrogen-bond acceptors (Lipinski definition) is 6. The highest BCUT2D eigenvalue weighted by Crippen LogP contribution is 2.33. The molecular formula is C28H27Cl2N3O6. The second-order valence-electron chi connectivity index (χ2n) is 8.88. The number of carbonyl (C=O) groups is 3. The van der Waals surface area contributed by atoms with E-state index >= 15 is 0 Å². The molecule has 9 nitrogen and oxygen atoms in total. The van der Waals surface area contributed by atoms with Gasteiger partial charge < -0.3 is 25.2 Å². The maximum atomic E-state index is 13.6. The number of alkyl halides is 1. The first-order valence-electron chi connectivity index (χ1n) is 12.2. The van der Waals surface area contributed by atoms with E-state index in [1.807, 2.05) is 0 Å². The number of amides is 2. The quantitative estimate of drug-likeness (QED) is 0.206. The minimum absolute atomic E-state index is 0.0737. The molecule has 1 atom stereocenters. The second kappa shape index (κ2) is 12.4. The fraction of sp³-hybridized carbons (Fsp3) is 0.250. The van der Waals surface area contributed by atoms with Gasteiger partial charge in [0, 0.05) is 19.5 Å². The Bertz CT molecular complexity index is 1360. The van der Waals surface area contributed by atoms with Gasteiger partial charge in [-0.2, -0.15) is 0 Å². The summed E-state index contributed by atoms with van der Waals surface area (Å²) in [6, 6.07) is 17.0. The smallest absolute Gasteiger partial charge is 0.335 e. The summed E-state index contributed by atoms with van der Waals surface area (Å²) in [5.41, 5.74) is 1.54. The molecule has 1 aliphatic rings. The van der Waals surface area contributed by atoms with Crippen LogP contribution in [0.4, 0.5) is 16.2 Å². The molecule has 0 aliphatic carbocycles. The number of anilines is 2. The van der Waals surface area contributed by atoms with Gasteiger partial charge >= 0.3 is 17.2 Å². The maximum absolute atomic E-state index is 13.6. The number of rotatable bonds is 10. The van der Waals surface area contributed by atoms with Crippen LogP contribution in [0, 0.1) is 0 Å². The lowest BCUT2D eigenvalue weighted by molar-refractivity contribution is -0.138. The number of carboxylic acid groups (broad SMARTS) is 1. The number of methoxy groups -OCH3 is 1. The topological polar surface area (TPSA) is 117 Å². The summed E-state index contributed by atoms with van der Waals surface area (Å²) >= 11 is 13.0. The fourth-order valence-electron chi connectivity index (χ4n) is 4.21. The molecule has 39 heavy (non-hydrogen) atoms. The predicted octanol–water partition coefficient (Wildman–Crippen LogP) is 5.87. The largest absolute Gasteiger partial charge is 0.495 e. The molecule has 0 bridgehead atoms. The number of Topliss-reactive ketones (excluding diaryl/α,β-unsaturated/α-hetero) is 1. The molecule has 3 aromatic rings. The van der Waals surface area contributed by atoms with Gasteiger partial charge in [-0.25, -0.2) is 14.5 Å². The number of hydrogen-bond donors (Lipinski definition) is 3. The minimum atomic E-state index is -1.78.